The molecular weight excluding hydrogens is 1790 g/mol. The van der Waals surface area contributed by atoms with Crippen LogP contribution in [0.3, 0.4) is 0 Å². The van der Waals surface area contributed by atoms with Gasteiger partial charge in [0.25, 0.3) is 11.8 Å². The highest BCUT2D eigenvalue weighted by Gasteiger charge is 2.30. The summed E-state index contributed by atoms with van der Waals surface area (Å²) < 4.78 is 139. The number of carboxylic acid groups (broad SMARTS) is 2. The molecule has 758 valence electrons. The number of carbonyl (C=O) groups excluding carboxylic acids is 4. The van der Waals surface area contributed by atoms with Crippen LogP contribution in [0.25, 0.3) is 0 Å². The van der Waals surface area contributed by atoms with Gasteiger partial charge in [-0.1, -0.05) is 188 Å². The summed E-state index contributed by atoms with van der Waals surface area (Å²) in [5.74, 6) is 48.3. The summed E-state index contributed by atoms with van der Waals surface area (Å²) >= 11 is 0. The average molecular weight is 1950 g/mol. The predicted molar refractivity (Wildman–Crippen MR) is 520 cm³/mol. The lowest BCUT2D eigenvalue weighted by molar-refractivity contribution is -0.896. The van der Waals surface area contributed by atoms with Crippen molar-refractivity contribution in [2.45, 2.75) is 135 Å². The Hall–Kier alpha value is -7.80. The van der Waals surface area contributed by atoms with Crippen molar-refractivity contribution in [1.82, 2.24) is 10.6 Å². The van der Waals surface area contributed by atoms with E-state index in [1.165, 1.54) is 12.1 Å². The lowest BCUT2D eigenvalue weighted by atomic mass is 10.1. The molecule has 0 bridgehead atoms. The van der Waals surface area contributed by atoms with Gasteiger partial charge in [-0.15, -0.1) is 0 Å². The Bertz CT molecular complexity index is 4560. The molecule has 0 fully saturated rings. The number of hydrogen-bond acceptors (Lipinski definition) is 22. The second-order valence-corrected chi connectivity index (χ2v) is 44.2. The van der Waals surface area contributed by atoms with Gasteiger partial charge < -0.3 is 110 Å². The number of rotatable bonds is 40. The van der Waals surface area contributed by atoms with Crippen LogP contribution in [0.5, 0.6) is 0 Å². The molecule has 0 aliphatic heterocycles. The van der Waals surface area contributed by atoms with Gasteiger partial charge in [0.2, 0.25) is 0 Å². The van der Waals surface area contributed by atoms with Crippen molar-refractivity contribution in [3.8, 4) is 94.7 Å². The number of aliphatic carboxylic acids is 2. The van der Waals surface area contributed by atoms with Crippen LogP contribution < -0.4 is 26.6 Å². The van der Waals surface area contributed by atoms with Crippen LogP contribution in [0.1, 0.15) is 150 Å². The molecule has 2 aromatic carbocycles. The SMILES string of the molecule is CC(C)C#CC[N+](C)(C)C.CC(C)C#CC[N+](C)(C)CC(=O)[O-].CC(C)C#CC[N+](C)(C)CCS(=O)(=O)[O-].CC(C)C#CC[N+](C)(C)Cc1ccc(C(=O)NCC(S(=O)(=O)[O-])S(=O)(=O)[O-])cc1.CC(C)C#CC[N+](C)(C)Cc1ccc(C(=O)NCCOCCOCC(=O)[O-])cc1.CC(C)C#CC[NH3+].CCOP(=O)(O)C[N+](C)(C)CC#CC(C)C.COCCOCCOCC#CC(C)C. The number of nitrogens with zero attached hydrogens (tertiary/aromatic N) is 6. The summed E-state index contributed by atoms with van der Waals surface area (Å²) in [6, 6.07) is 14.0. The Balaban J connectivity index is -0.000000360. The molecule has 0 aliphatic rings. The first-order chi connectivity index (χ1) is 60.9. The van der Waals surface area contributed by atoms with E-state index in [2.05, 4.69) is 196 Å². The van der Waals surface area contributed by atoms with Crippen LogP contribution in [0.2, 0.25) is 0 Å². The fourth-order valence-electron chi connectivity index (χ4n) is 9.40. The number of quaternary nitrogens is 7. The number of hydrogen-bond donors (Lipinski definition) is 4. The zero-order valence-electron chi connectivity index (χ0n) is 86.0. The number of nitrogens with one attached hydrogen (secondary N) is 2. The van der Waals surface area contributed by atoms with Gasteiger partial charge in [-0.3, -0.25) is 14.2 Å². The molecule has 1 atom stereocenters. The van der Waals surface area contributed by atoms with Crippen LogP contribution in [0.4, 0.5) is 0 Å². The van der Waals surface area contributed by atoms with Crippen LogP contribution >= 0.6 is 7.60 Å². The minimum Gasteiger partial charge on any atom is -0.748 e. The monoisotopic (exact) mass is 1950 g/mol. The Kier molecular flexibility index (Phi) is 75.1. The molecule has 0 aromatic heterocycles. The van der Waals surface area contributed by atoms with E-state index < -0.39 is 73.5 Å². The molecule has 2 rings (SSSR count). The van der Waals surface area contributed by atoms with Crippen molar-refractivity contribution in [3.63, 3.8) is 0 Å². The lowest BCUT2D eigenvalue weighted by Gasteiger charge is -2.28. The smallest absolute Gasteiger partial charge is 0.381 e. The van der Waals surface area contributed by atoms with Crippen molar-refractivity contribution in [2.75, 3.05) is 249 Å². The number of amides is 2. The van der Waals surface area contributed by atoms with Crippen molar-refractivity contribution in [1.29, 1.82) is 0 Å². The molecule has 0 saturated carbocycles. The quantitative estimate of drug-likeness (QED) is 0.0231. The summed E-state index contributed by atoms with van der Waals surface area (Å²) in [5, 5.41) is 25.3. The third-order valence-corrected chi connectivity index (χ3v) is 21.1. The van der Waals surface area contributed by atoms with Crippen LogP contribution in [0, 0.1) is 142 Å². The number of methoxy groups -OCH3 is 1. The number of benzene rings is 2. The second-order valence-electron chi connectivity index (χ2n) is 37.5. The molecule has 32 nitrogen and oxygen atoms in total. The highest BCUT2D eigenvalue weighted by Crippen LogP contribution is 2.43. The van der Waals surface area contributed by atoms with Gasteiger partial charge in [-0.05, 0) is 72.6 Å². The maximum Gasteiger partial charge on any atom is 0.381 e. The number of carboxylic acids is 2. The average Bonchev–Trinajstić information content (AvgIpc) is 0.824. The maximum absolute atomic E-state index is 12.2. The molecule has 2 amide bonds. The molecule has 6 N–H and O–H groups in total. The highest BCUT2D eigenvalue weighted by molar-refractivity contribution is 8.03. The van der Waals surface area contributed by atoms with Crippen molar-refractivity contribution >= 4 is 61.7 Å². The van der Waals surface area contributed by atoms with E-state index in [9.17, 15) is 77.8 Å². The van der Waals surface area contributed by atoms with Gasteiger partial charge in [-0.2, -0.15) is 0 Å². The zero-order valence-corrected chi connectivity index (χ0v) is 89.3. The molecule has 0 aliphatic carbocycles. The largest absolute Gasteiger partial charge is 0.748 e. The molecular formula is C97H166N9O23PS3+2. The Morgan fingerprint density at radius 2 is 0.767 bits per heavy atom. The van der Waals surface area contributed by atoms with E-state index in [1.54, 1.807) is 26.2 Å². The maximum atomic E-state index is 12.2. The van der Waals surface area contributed by atoms with Gasteiger partial charge in [-0.25, -0.2) is 25.3 Å². The van der Waals surface area contributed by atoms with Gasteiger partial charge in [0.1, 0.15) is 102 Å². The number of carbonyl (C=O) groups is 4. The summed E-state index contributed by atoms with van der Waals surface area (Å²) in [6.07, 6.45) is 0.0909. The minimum atomic E-state index is -5.42. The standard InChI is InChI=1S/C22H32N2O5.C18H26N2O7S2.C11H22NO3P.C11H20O3.C10H19NO3S.C10H17NO2.C9H18N.C6H11N/c1-18(2)6-5-12-24(3,4)16-19-7-9-20(10-8-19)22(27)23-11-13-28-14-15-29-17-21(25)26;1-14(2)6-5-11-20(3,4)13-15-7-9-16(10-8-15)18(21)19-12-17(28(22,23)24)29(25,26)27;1-6-15-16(13,14)10-12(4,5)9-7-8-11(2)3;1-11(2)5-4-6-13-9-10-14-8-7-12-3;1-10(2)6-5-7-11(3,4)8-9-15(12,13)14;1-9(2)6-5-7-11(3,4)8-10(12)13;1-9(2)7-6-8-10(3,4)5;1-6(2)4-3-5-7/h7-10,18H,11-17H2,1-4H3,(H-,23,25,26,27);7-10,14,17H,11-13H2,1-4H3,(H2-,19,21,22,23,24,25,26,27);11H,6,9-10H2,1-5H3;11H,6-10H2,1-3H3;10H,7-9H2,1-4H3;9H,7-8H2,1-4H3;9H,8H2,1-5H3;6H,5,7H2,1-2H3/q;;;;;;+1;/p+1. The second kappa shape index (κ2) is 73.5. The van der Waals surface area contributed by atoms with Gasteiger partial charge >= 0.3 is 7.60 Å². The van der Waals surface area contributed by atoms with Crippen LogP contribution in [0.15, 0.2) is 48.5 Å². The minimum absolute atomic E-state index is 0.00672. The number of likely N-dealkylation sites (N-methyl/N-ethyl adjacent to an activating group) is 1. The molecule has 0 heterocycles. The first-order valence-electron chi connectivity index (χ1n) is 44.2. The molecule has 0 spiro atoms. The van der Waals surface area contributed by atoms with Gasteiger partial charge in [0.05, 0.1) is 175 Å². The van der Waals surface area contributed by atoms with Crippen LogP contribution in [-0.2, 0) is 85.8 Å². The Morgan fingerprint density at radius 3 is 1.11 bits per heavy atom. The molecule has 2 aromatic rings. The Labute approximate surface area is 803 Å². The van der Waals surface area contributed by atoms with E-state index in [1.807, 2.05) is 141 Å². The molecule has 0 saturated heterocycles. The van der Waals surface area contributed by atoms with Gasteiger partial charge in [0, 0.05) is 89.8 Å². The Morgan fingerprint density at radius 1 is 0.436 bits per heavy atom. The normalized spacial score (nSPS) is 11.8. The van der Waals surface area contributed by atoms with Crippen molar-refractivity contribution < 1.29 is 139 Å². The fourth-order valence-corrected chi connectivity index (χ4v) is 13.4. The van der Waals surface area contributed by atoms with Gasteiger partial charge in [0.15, 0.2) is 10.9 Å². The topological polar surface area (TPSA) is 430 Å². The molecule has 0 radical (unpaired) electrons. The van der Waals surface area contributed by atoms with E-state index in [4.69, 9.17) is 28.2 Å². The number of ether oxygens (including phenoxy) is 5. The van der Waals surface area contributed by atoms with Crippen LogP contribution in [-0.4, -0.2) is 348 Å². The van der Waals surface area contributed by atoms with E-state index in [0.717, 1.165) is 46.3 Å². The van der Waals surface area contributed by atoms with Crippen molar-refractivity contribution in [3.05, 3.63) is 70.8 Å². The summed E-state index contributed by atoms with van der Waals surface area (Å²) in [5.41, 5.74) is 6.39. The predicted octanol–water partition coefficient (Wildman–Crippen LogP) is 4.71. The first kappa shape index (κ1) is 136. The molecule has 133 heavy (non-hydrogen) atoms. The fraction of sp³-hybridized carbons (Fsp3) is 0.670. The highest BCUT2D eigenvalue weighted by atomic mass is 32.3. The van der Waals surface area contributed by atoms with Crippen molar-refractivity contribution in [2.24, 2.45) is 47.3 Å². The summed E-state index contributed by atoms with van der Waals surface area (Å²) in [4.78, 5) is 54.3. The third-order valence-electron chi connectivity index (χ3n) is 15.6. The summed E-state index contributed by atoms with van der Waals surface area (Å²) in [7, 11) is 9.10. The lowest BCUT2D eigenvalue weighted by Crippen LogP contribution is -2.49. The van der Waals surface area contributed by atoms with E-state index in [-0.39, 0.29) is 49.9 Å². The van der Waals surface area contributed by atoms with E-state index in [0.29, 0.717) is 156 Å². The van der Waals surface area contributed by atoms with E-state index >= 15 is 0 Å². The zero-order chi connectivity index (χ0) is 104. The third kappa shape index (κ3) is 98.5. The first-order valence-corrected chi connectivity index (χ1v) is 50.5. The summed E-state index contributed by atoms with van der Waals surface area (Å²) in [6.45, 7) is 43.7. The molecule has 1 unspecified atom stereocenters. The molecule has 36 heteroatoms.